The Bertz CT molecular complexity index is 1020. The van der Waals surface area contributed by atoms with Crippen molar-refractivity contribution in [2.24, 2.45) is 0 Å². The molecule has 2 aromatic carbocycles. The average molecular weight is 401 g/mol. The number of benzene rings is 2. The van der Waals surface area contributed by atoms with Crippen molar-refractivity contribution in [3.05, 3.63) is 84.2 Å². The largest absolute Gasteiger partial charge is 0.508 e. The van der Waals surface area contributed by atoms with Gasteiger partial charge in [0.2, 0.25) is 5.91 Å². The third-order valence-corrected chi connectivity index (χ3v) is 5.27. The van der Waals surface area contributed by atoms with E-state index in [1.807, 2.05) is 48.5 Å². The Hall–Kier alpha value is -3.67. The maximum atomic E-state index is 13.3. The maximum Gasteiger partial charge on any atom is 0.254 e. The molecule has 0 saturated carbocycles. The summed E-state index contributed by atoms with van der Waals surface area (Å²) in [5, 5.41) is 12.4. The molecule has 0 bridgehead atoms. The lowest BCUT2D eigenvalue weighted by Crippen LogP contribution is -2.41. The Morgan fingerprint density at radius 1 is 1.00 bits per heavy atom. The number of nitrogens with zero attached hydrogens (tertiary/aromatic N) is 2. The Morgan fingerprint density at radius 2 is 1.63 bits per heavy atom. The predicted molar refractivity (Wildman–Crippen MR) is 114 cm³/mol. The van der Waals surface area contributed by atoms with E-state index in [4.69, 9.17) is 0 Å². The minimum atomic E-state index is -0.0785. The molecule has 0 unspecified atom stereocenters. The quantitative estimate of drug-likeness (QED) is 0.663. The van der Waals surface area contributed by atoms with Crippen LogP contribution >= 0.6 is 0 Å². The average Bonchev–Trinajstić information content (AvgIpc) is 3.19. The van der Waals surface area contributed by atoms with Crippen LogP contribution in [0.25, 0.3) is 11.1 Å². The lowest BCUT2D eigenvalue weighted by Gasteiger charge is -2.26. The standard InChI is InChI=1S/C24H23N3O3/c28-22-8-5-19(6-9-22)18-1-3-20(4-2-18)24(30)27(15-17-11-13-25-14-12-17)16-21-7-10-23(29)26-21/h1-6,8-9,11-14,21,28H,7,10,15-16H2,(H,26,29)/t21-/m0/s1. The summed E-state index contributed by atoms with van der Waals surface area (Å²) in [6.07, 6.45) is 4.66. The van der Waals surface area contributed by atoms with Crippen LogP contribution in [0.15, 0.2) is 73.1 Å². The first kappa shape index (κ1) is 19.6. The molecular formula is C24H23N3O3. The number of rotatable bonds is 6. The van der Waals surface area contributed by atoms with Crippen LogP contribution in [0.4, 0.5) is 0 Å². The van der Waals surface area contributed by atoms with E-state index in [9.17, 15) is 14.7 Å². The van der Waals surface area contributed by atoms with Gasteiger partial charge in [0.25, 0.3) is 5.91 Å². The van der Waals surface area contributed by atoms with E-state index < -0.39 is 0 Å². The third kappa shape index (κ3) is 4.66. The van der Waals surface area contributed by atoms with Gasteiger partial charge < -0.3 is 15.3 Å². The molecule has 3 aromatic rings. The van der Waals surface area contributed by atoms with Crippen LogP contribution < -0.4 is 5.32 Å². The fourth-order valence-corrected chi connectivity index (χ4v) is 3.65. The highest BCUT2D eigenvalue weighted by Crippen LogP contribution is 2.23. The summed E-state index contributed by atoms with van der Waals surface area (Å²) in [4.78, 5) is 30.7. The molecule has 152 valence electrons. The minimum Gasteiger partial charge on any atom is -0.508 e. The molecule has 1 saturated heterocycles. The van der Waals surface area contributed by atoms with Crippen LogP contribution in [0.5, 0.6) is 5.75 Å². The van der Waals surface area contributed by atoms with Crippen molar-refractivity contribution in [1.82, 2.24) is 15.2 Å². The van der Waals surface area contributed by atoms with Crippen molar-refractivity contribution in [1.29, 1.82) is 0 Å². The number of amides is 2. The van der Waals surface area contributed by atoms with Gasteiger partial charge in [0.15, 0.2) is 0 Å². The van der Waals surface area contributed by atoms with Gasteiger partial charge in [-0.1, -0.05) is 24.3 Å². The lowest BCUT2D eigenvalue weighted by molar-refractivity contribution is -0.119. The summed E-state index contributed by atoms with van der Waals surface area (Å²) in [7, 11) is 0. The van der Waals surface area contributed by atoms with E-state index in [0.29, 0.717) is 25.1 Å². The molecule has 30 heavy (non-hydrogen) atoms. The van der Waals surface area contributed by atoms with Gasteiger partial charge in [0.1, 0.15) is 5.75 Å². The van der Waals surface area contributed by atoms with E-state index in [1.165, 1.54) is 0 Å². The molecule has 2 amide bonds. The van der Waals surface area contributed by atoms with Crippen LogP contribution in [-0.2, 0) is 11.3 Å². The molecule has 0 radical (unpaired) electrons. The fraction of sp³-hybridized carbons (Fsp3) is 0.208. The van der Waals surface area contributed by atoms with Gasteiger partial charge in [-0.05, 0) is 59.5 Å². The van der Waals surface area contributed by atoms with Crippen molar-refractivity contribution >= 4 is 11.8 Å². The molecule has 2 N–H and O–H groups in total. The number of carbonyl (C=O) groups excluding carboxylic acids is 2. The number of nitrogens with one attached hydrogen (secondary N) is 1. The lowest BCUT2D eigenvalue weighted by atomic mass is 10.0. The number of aromatic hydroxyl groups is 1. The van der Waals surface area contributed by atoms with Crippen molar-refractivity contribution in [3.8, 4) is 16.9 Å². The molecule has 0 aliphatic carbocycles. The normalized spacial score (nSPS) is 15.6. The van der Waals surface area contributed by atoms with Gasteiger partial charge in [0.05, 0.1) is 0 Å². The third-order valence-electron chi connectivity index (χ3n) is 5.27. The Labute approximate surface area is 175 Å². The highest BCUT2D eigenvalue weighted by molar-refractivity contribution is 5.94. The zero-order valence-electron chi connectivity index (χ0n) is 16.5. The second-order valence-corrected chi connectivity index (χ2v) is 7.47. The monoisotopic (exact) mass is 401 g/mol. The zero-order valence-corrected chi connectivity index (χ0v) is 16.5. The molecule has 6 heteroatoms. The Morgan fingerprint density at radius 3 is 2.23 bits per heavy atom. The highest BCUT2D eigenvalue weighted by atomic mass is 16.3. The van der Waals surface area contributed by atoms with Gasteiger partial charge in [0, 0.05) is 43.5 Å². The number of carbonyl (C=O) groups is 2. The maximum absolute atomic E-state index is 13.3. The molecule has 0 spiro atoms. The first-order chi connectivity index (χ1) is 14.6. The summed E-state index contributed by atoms with van der Waals surface area (Å²) in [5.41, 5.74) is 3.52. The molecule has 1 aliphatic rings. The minimum absolute atomic E-state index is 0.0282. The van der Waals surface area contributed by atoms with Crippen molar-refractivity contribution < 1.29 is 14.7 Å². The van der Waals surface area contributed by atoms with Gasteiger partial charge in [-0.2, -0.15) is 0 Å². The van der Waals surface area contributed by atoms with Crippen molar-refractivity contribution in [2.45, 2.75) is 25.4 Å². The summed E-state index contributed by atoms with van der Waals surface area (Å²) < 4.78 is 0. The Balaban J connectivity index is 1.53. The van der Waals surface area contributed by atoms with Gasteiger partial charge in [-0.3, -0.25) is 14.6 Å². The van der Waals surface area contributed by atoms with Gasteiger partial charge >= 0.3 is 0 Å². The number of aromatic nitrogens is 1. The fourth-order valence-electron chi connectivity index (χ4n) is 3.65. The van der Waals surface area contributed by atoms with Crippen LogP contribution in [0, 0.1) is 0 Å². The topological polar surface area (TPSA) is 82.5 Å². The number of phenols is 1. The molecule has 1 fully saturated rings. The summed E-state index contributed by atoms with van der Waals surface area (Å²) in [5.74, 6) is 0.177. The van der Waals surface area contributed by atoms with E-state index in [2.05, 4.69) is 10.3 Å². The first-order valence-corrected chi connectivity index (χ1v) is 9.95. The molecule has 6 nitrogen and oxygen atoms in total. The van der Waals surface area contributed by atoms with Crippen LogP contribution in [0.3, 0.4) is 0 Å². The van der Waals surface area contributed by atoms with Crippen LogP contribution in [-0.4, -0.2) is 39.4 Å². The zero-order chi connectivity index (χ0) is 20.9. The smallest absolute Gasteiger partial charge is 0.254 e. The Kier molecular flexibility index (Phi) is 5.75. The molecule has 2 heterocycles. The number of pyridine rings is 1. The van der Waals surface area contributed by atoms with E-state index in [0.717, 1.165) is 23.1 Å². The molecule has 1 aliphatic heterocycles. The highest BCUT2D eigenvalue weighted by Gasteiger charge is 2.26. The van der Waals surface area contributed by atoms with Crippen LogP contribution in [0.1, 0.15) is 28.8 Å². The molecule has 4 rings (SSSR count). The molecule has 1 atom stereocenters. The first-order valence-electron chi connectivity index (χ1n) is 9.95. The molecular weight excluding hydrogens is 378 g/mol. The molecule has 1 aromatic heterocycles. The SMILES string of the molecule is O=C1CC[C@@H](CN(Cc2ccncc2)C(=O)c2ccc(-c3ccc(O)cc3)cc2)N1. The summed E-state index contributed by atoms with van der Waals surface area (Å²) in [6.45, 7) is 0.917. The summed E-state index contributed by atoms with van der Waals surface area (Å²) >= 11 is 0. The van der Waals surface area contributed by atoms with Crippen LogP contribution in [0.2, 0.25) is 0 Å². The van der Waals surface area contributed by atoms with E-state index in [-0.39, 0.29) is 23.6 Å². The van der Waals surface area contributed by atoms with E-state index in [1.54, 1.807) is 29.4 Å². The van der Waals surface area contributed by atoms with Gasteiger partial charge in [-0.25, -0.2) is 0 Å². The second-order valence-electron chi connectivity index (χ2n) is 7.47. The van der Waals surface area contributed by atoms with Crippen molar-refractivity contribution in [3.63, 3.8) is 0 Å². The number of phenolic OH excluding ortho intramolecular Hbond substituents is 1. The second kappa shape index (κ2) is 8.78. The van der Waals surface area contributed by atoms with E-state index >= 15 is 0 Å². The predicted octanol–water partition coefficient (Wildman–Crippen LogP) is 3.38. The van der Waals surface area contributed by atoms with Gasteiger partial charge in [-0.15, -0.1) is 0 Å². The number of hydrogen-bond acceptors (Lipinski definition) is 4. The number of hydrogen-bond donors (Lipinski definition) is 2. The van der Waals surface area contributed by atoms with Crippen molar-refractivity contribution in [2.75, 3.05) is 6.54 Å². The summed E-state index contributed by atoms with van der Waals surface area (Å²) in [6, 6.07) is 18.1.